The SMILES string of the molecule is Cc1cccc(Cl)c1NC(C)Cc1ccco1. The predicted octanol–water partition coefficient (Wildman–Crippen LogP) is 4.28. The first kappa shape index (κ1) is 12.1. The normalized spacial score (nSPS) is 12.4. The molecule has 0 saturated heterocycles. The van der Waals surface area contributed by atoms with Crippen molar-refractivity contribution in [2.45, 2.75) is 26.3 Å². The number of para-hydroxylation sites is 1. The molecule has 0 spiro atoms. The van der Waals surface area contributed by atoms with Gasteiger partial charge in [-0.1, -0.05) is 23.7 Å². The third-order valence-electron chi connectivity index (χ3n) is 2.70. The van der Waals surface area contributed by atoms with Crippen LogP contribution in [0.5, 0.6) is 0 Å². The minimum atomic E-state index is 0.278. The molecule has 1 atom stereocenters. The number of benzene rings is 1. The number of anilines is 1. The summed E-state index contributed by atoms with van der Waals surface area (Å²) in [7, 11) is 0. The van der Waals surface area contributed by atoms with Gasteiger partial charge in [-0.3, -0.25) is 0 Å². The highest BCUT2D eigenvalue weighted by Crippen LogP contribution is 2.26. The van der Waals surface area contributed by atoms with Crippen LogP contribution in [0.2, 0.25) is 5.02 Å². The molecule has 3 heteroatoms. The summed E-state index contributed by atoms with van der Waals surface area (Å²) >= 11 is 6.17. The van der Waals surface area contributed by atoms with Crippen molar-refractivity contribution < 1.29 is 4.42 Å². The van der Waals surface area contributed by atoms with Gasteiger partial charge in [0, 0.05) is 12.5 Å². The molecular formula is C14H16ClNO. The Morgan fingerprint density at radius 1 is 1.29 bits per heavy atom. The van der Waals surface area contributed by atoms with Crippen LogP contribution < -0.4 is 5.32 Å². The van der Waals surface area contributed by atoms with Gasteiger partial charge in [0.15, 0.2) is 0 Å². The lowest BCUT2D eigenvalue weighted by atomic mass is 10.1. The molecule has 1 aromatic heterocycles. The Labute approximate surface area is 107 Å². The summed E-state index contributed by atoms with van der Waals surface area (Å²) in [5.41, 5.74) is 2.16. The summed E-state index contributed by atoms with van der Waals surface area (Å²) < 4.78 is 5.33. The Morgan fingerprint density at radius 3 is 2.76 bits per heavy atom. The molecule has 0 saturated carbocycles. The van der Waals surface area contributed by atoms with E-state index in [1.54, 1.807) is 6.26 Å². The Morgan fingerprint density at radius 2 is 2.12 bits per heavy atom. The van der Waals surface area contributed by atoms with Crippen molar-refractivity contribution in [1.82, 2.24) is 0 Å². The van der Waals surface area contributed by atoms with Gasteiger partial charge in [0.2, 0.25) is 0 Å². The lowest BCUT2D eigenvalue weighted by Gasteiger charge is -2.17. The van der Waals surface area contributed by atoms with Crippen molar-refractivity contribution in [1.29, 1.82) is 0 Å². The highest BCUT2D eigenvalue weighted by molar-refractivity contribution is 6.33. The zero-order valence-corrected chi connectivity index (χ0v) is 10.8. The van der Waals surface area contributed by atoms with Gasteiger partial charge in [-0.05, 0) is 37.6 Å². The Hall–Kier alpha value is -1.41. The smallest absolute Gasteiger partial charge is 0.105 e. The number of rotatable bonds is 4. The molecule has 17 heavy (non-hydrogen) atoms. The van der Waals surface area contributed by atoms with Crippen LogP contribution in [0, 0.1) is 6.92 Å². The van der Waals surface area contributed by atoms with E-state index in [-0.39, 0.29) is 6.04 Å². The van der Waals surface area contributed by atoms with Gasteiger partial charge >= 0.3 is 0 Å². The van der Waals surface area contributed by atoms with Crippen LogP contribution in [0.1, 0.15) is 18.2 Å². The van der Waals surface area contributed by atoms with Crippen molar-refractivity contribution in [3.8, 4) is 0 Å². The van der Waals surface area contributed by atoms with Crippen LogP contribution in [-0.2, 0) is 6.42 Å². The average Bonchev–Trinajstić information content (AvgIpc) is 2.76. The van der Waals surface area contributed by atoms with Gasteiger partial charge in [0.25, 0.3) is 0 Å². The first-order valence-electron chi connectivity index (χ1n) is 5.71. The molecule has 1 unspecified atom stereocenters. The molecule has 1 aromatic carbocycles. The lowest BCUT2D eigenvalue weighted by molar-refractivity contribution is 0.498. The first-order valence-corrected chi connectivity index (χ1v) is 6.08. The van der Waals surface area contributed by atoms with E-state index in [0.29, 0.717) is 0 Å². The monoisotopic (exact) mass is 249 g/mol. The maximum atomic E-state index is 6.17. The summed E-state index contributed by atoms with van der Waals surface area (Å²) in [5, 5.41) is 4.19. The second kappa shape index (κ2) is 5.28. The summed E-state index contributed by atoms with van der Waals surface area (Å²) in [6.07, 6.45) is 2.54. The molecule has 0 aliphatic heterocycles. The van der Waals surface area contributed by atoms with Gasteiger partial charge in [-0.2, -0.15) is 0 Å². The maximum Gasteiger partial charge on any atom is 0.105 e. The number of nitrogens with one attached hydrogen (secondary N) is 1. The van der Waals surface area contributed by atoms with E-state index in [1.165, 1.54) is 0 Å². The number of hydrogen-bond acceptors (Lipinski definition) is 2. The van der Waals surface area contributed by atoms with Crippen molar-refractivity contribution in [2.75, 3.05) is 5.32 Å². The minimum Gasteiger partial charge on any atom is -0.469 e. The maximum absolute atomic E-state index is 6.17. The van der Waals surface area contributed by atoms with E-state index in [1.807, 2.05) is 37.3 Å². The predicted molar refractivity (Wildman–Crippen MR) is 71.7 cm³/mol. The molecule has 0 bridgehead atoms. The second-order valence-electron chi connectivity index (χ2n) is 4.26. The number of aryl methyl sites for hydroxylation is 1. The minimum absolute atomic E-state index is 0.278. The zero-order chi connectivity index (χ0) is 12.3. The molecule has 0 amide bonds. The van der Waals surface area contributed by atoms with Crippen molar-refractivity contribution >= 4 is 17.3 Å². The van der Waals surface area contributed by atoms with E-state index in [9.17, 15) is 0 Å². The zero-order valence-electron chi connectivity index (χ0n) is 10.0. The molecule has 0 aliphatic carbocycles. The fraction of sp³-hybridized carbons (Fsp3) is 0.286. The molecule has 2 aromatic rings. The third-order valence-corrected chi connectivity index (χ3v) is 3.02. The van der Waals surface area contributed by atoms with Crippen molar-refractivity contribution in [3.05, 3.63) is 52.9 Å². The van der Waals surface area contributed by atoms with E-state index in [2.05, 4.69) is 12.2 Å². The van der Waals surface area contributed by atoms with Crippen LogP contribution in [0.4, 0.5) is 5.69 Å². The standard InChI is InChI=1S/C14H16ClNO/c1-10-5-3-7-13(15)14(10)16-11(2)9-12-6-4-8-17-12/h3-8,11,16H,9H2,1-2H3. The quantitative estimate of drug-likeness (QED) is 0.875. The Kier molecular flexibility index (Phi) is 3.75. The first-order chi connectivity index (χ1) is 8.16. The molecule has 2 nitrogen and oxygen atoms in total. The van der Waals surface area contributed by atoms with E-state index in [4.69, 9.17) is 16.0 Å². The van der Waals surface area contributed by atoms with Crippen LogP contribution in [-0.4, -0.2) is 6.04 Å². The molecule has 1 heterocycles. The number of furan rings is 1. The van der Waals surface area contributed by atoms with Gasteiger partial charge < -0.3 is 9.73 Å². The summed E-state index contributed by atoms with van der Waals surface area (Å²) in [4.78, 5) is 0. The average molecular weight is 250 g/mol. The highest BCUT2D eigenvalue weighted by Gasteiger charge is 2.09. The summed E-state index contributed by atoms with van der Waals surface area (Å²) in [6.45, 7) is 4.17. The van der Waals surface area contributed by atoms with Crippen molar-refractivity contribution in [3.63, 3.8) is 0 Å². The Balaban J connectivity index is 2.05. The van der Waals surface area contributed by atoms with Gasteiger partial charge in [0.05, 0.1) is 17.0 Å². The fourth-order valence-electron chi connectivity index (χ4n) is 1.84. The lowest BCUT2D eigenvalue weighted by Crippen LogP contribution is -2.18. The van der Waals surface area contributed by atoms with E-state index >= 15 is 0 Å². The topological polar surface area (TPSA) is 25.2 Å². The van der Waals surface area contributed by atoms with Crippen LogP contribution >= 0.6 is 11.6 Å². The van der Waals surface area contributed by atoms with Crippen LogP contribution in [0.15, 0.2) is 41.0 Å². The molecule has 90 valence electrons. The number of halogens is 1. The van der Waals surface area contributed by atoms with E-state index in [0.717, 1.165) is 28.5 Å². The largest absolute Gasteiger partial charge is 0.469 e. The molecule has 0 radical (unpaired) electrons. The van der Waals surface area contributed by atoms with Crippen LogP contribution in [0.25, 0.3) is 0 Å². The summed E-state index contributed by atoms with van der Waals surface area (Å²) in [5.74, 6) is 0.981. The molecule has 1 N–H and O–H groups in total. The third kappa shape index (κ3) is 3.04. The molecular weight excluding hydrogens is 234 g/mol. The Bertz CT molecular complexity index is 459. The highest BCUT2D eigenvalue weighted by atomic mass is 35.5. The number of hydrogen-bond donors (Lipinski definition) is 1. The van der Waals surface area contributed by atoms with E-state index < -0.39 is 0 Å². The van der Waals surface area contributed by atoms with Crippen molar-refractivity contribution in [2.24, 2.45) is 0 Å². The molecule has 0 aliphatic rings. The molecule has 2 rings (SSSR count). The van der Waals surface area contributed by atoms with Crippen LogP contribution in [0.3, 0.4) is 0 Å². The fourth-order valence-corrected chi connectivity index (χ4v) is 2.12. The van der Waals surface area contributed by atoms with Gasteiger partial charge in [-0.15, -0.1) is 0 Å². The van der Waals surface area contributed by atoms with Gasteiger partial charge in [-0.25, -0.2) is 0 Å². The summed E-state index contributed by atoms with van der Waals surface area (Å²) in [6, 6.07) is 10.1. The second-order valence-corrected chi connectivity index (χ2v) is 4.67. The molecule has 0 fully saturated rings. The van der Waals surface area contributed by atoms with Gasteiger partial charge in [0.1, 0.15) is 5.76 Å².